The second-order valence-electron chi connectivity index (χ2n) is 7.67. The summed E-state index contributed by atoms with van der Waals surface area (Å²) in [6.07, 6.45) is 3.71. The quantitative estimate of drug-likeness (QED) is 0.247. The summed E-state index contributed by atoms with van der Waals surface area (Å²) < 4.78 is 8.05. The normalized spacial score (nSPS) is 10.9. The highest BCUT2D eigenvalue weighted by atomic mass is 79.9. The number of carbonyl (C=O) groups is 1. The molecule has 9 heteroatoms. The smallest absolute Gasteiger partial charge is 0.223 e. The minimum Gasteiger partial charge on any atom is -0.507 e. The topological polar surface area (TPSA) is 101 Å². The van der Waals surface area contributed by atoms with Crippen molar-refractivity contribution in [1.29, 1.82) is 0 Å². The number of halogens is 1. The Kier molecular flexibility index (Phi) is 7.98. The molecule has 3 N–H and O–H groups in total. The van der Waals surface area contributed by atoms with E-state index in [1.54, 1.807) is 22.8 Å². The number of hydrogen-bond donors (Lipinski definition) is 3. The van der Waals surface area contributed by atoms with Crippen molar-refractivity contribution in [2.75, 3.05) is 25.0 Å². The molecule has 0 aliphatic carbocycles. The summed E-state index contributed by atoms with van der Waals surface area (Å²) in [5, 5.41) is 20.9. The molecule has 0 radical (unpaired) electrons. The molecule has 0 atom stereocenters. The minimum atomic E-state index is -0.0200. The van der Waals surface area contributed by atoms with Gasteiger partial charge in [-0.15, -0.1) is 0 Å². The van der Waals surface area contributed by atoms with Crippen molar-refractivity contribution < 1.29 is 14.6 Å². The number of benzene rings is 2. The fraction of sp³-hybridized carbons (Fsp3) is 0.240. The lowest BCUT2D eigenvalue weighted by molar-refractivity contribution is -0.121. The van der Waals surface area contributed by atoms with E-state index in [0.717, 1.165) is 28.9 Å². The maximum atomic E-state index is 12.0. The zero-order valence-corrected chi connectivity index (χ0v) is 20.2. The van der Waals surface area contributed by atoms with Gasteiger partial charge < -0.3 is 20.5 Å². The third-order valence-corrected chi connectivity index (χ3v) is 5.74. The van der Waals surface area contributed by atoms with E-state index < -0.39 is 0 Å². The molecule has 4 rings (SSSR count). The van der Waals surface area contributed by atoms with Crippen molar-refractivity contribution in [1.82, 2.24) is 19.9 Å². The molecule has 34 heavy (non-hydrogen) atoms. The number of phenols is 1. The lowest BCUT2D eigenvalue weighted by Crippen LogP contribution is -2.26. The van der Waals surface area contributed by atoms with E-state index in [1.165, 1.54) is 0 Å². The first-order valence-electron chi connectivity index (χ1n) is 11.1. The van der Waals surface area contributed by atoms with Gasteiger partial charge in [0, 0.05) is 24.7 Å². The zero-order valence-electron chi connectivity index (χ0n) is 18.6. The number of unbranched alkanes of at least 4 members (excludes halogenated alkanes) is 1. The first kappa shape index (κ1) is 23.6. The average molecular weight is 524 g/mol. The van der Waals surface area contributed by atoms with Crippen molar-refractivity contribution in [3.63, 3.8) is 0 Å². The molecule has 0 fully saturated rings. The Morgan fingerprint density at radius 3 is 2.65 bits per heavy atom. The van der Waals surface area contributed by atoms with Crippen LogP contribution in [-0.4, -0.2) is 45.3 Å². The number of carbonyl (C=O) groups excluding carboxylic acids is 1. The minimum absolute atomic E-state index is 0.0200. The first-order valence-corrected chi connectivity index (χ1v) is 11.9. The van der Waals surface area contributed by atoms with Gasteiger partial charge in [-0.05, 0) is 53.0 Å². The molecule has 2 aromatic heterocycles. The van der Waals surface area contributed by atoms with Crippen LogP contribution in [0.2, 0.25) is 0 Å². The number of nitrogens with one attached hydrogen (secondary N) is 2. The van der Waals surface area contributed by atoms with Gasteiger partial charge in [0.1, 0.15) is 17.3 Å². The van der Waals surface area contributed by atoms with Gasteiger partial charge in [0.2, 0.25) is 5.91 Å². The Hall–Kier alpha value is -3.59. The fourth-order valence-corrected chi connectivity index (χ4v) is 3.80. The van der Waals surface area contributed by atoms with Gasteiger partial charge in [-0.3, -0.25) is 4.79 Å². The highest BCUT2D eigenvalue weighted by Gasteiger charge is 2.13. The molecule has 0 saturated heterocycles. The number of para-hydroxylation sites is 2. The van der Waals surface area contributed by atoms with Crippen LogP contribution in [0.5, 0.6) is 11.5 Å². The molecular formula is C25H26BrN5O3. The van der Waals surface area contributed by atoms with Crippen LogP contribution >= 0.6 is 15.9 Å². The number of fused-ring (bicyclic) bond motifs is 1. The average Bonchev–Trinajstić information content (AvgIpc) is 3.23. The van der Waals surface area contributed by atoms with Crippen molar-refractivity contribution in [2.24, 2.45) is 0 Å². The molecule has 176 valence electrons. The van der Waals surface area contributed by atoms with E-state index in [9.17, 15) is 9.90 Å². The number of anilines is 1. The SMILES string of the molecule is O=C(CCOc1ccccc1)NCCCCNc1cc(-c2ccccc2O)nc2c(Br)cnn12. The number of aromatic hydroxyl groups is 1. The van der Waals surface area contributed by atoms with Gasteiger partial charge in [0.15, 0.2) is 5.65 Å². The second kappa shape index (κ2) is 11.5. The monoisotopic (exact) mass is 523 g/mol. The van der Waals surface area contributed by atoms with Crippen LogP contribution in [0.3, 0.4) is 0 Å². The molecule has 2 heterocycles. The number of nitrogens with zero attached hydrogens (tertiary/aromatic N) is 3. The predicted molar refractivity (Wildman–Crippen MR) is 135 cm³/mol. The van der Waals surface area contributed by atoms with Gasteiger partial charge in [0.25, 0.3) is 0 Å². The van der Waals surface area contributed by atoms with Crippen molar-refractivity contribution >= 4 is 33.3 Å². The van der Waals surface area contributed by atoms with Crippen LogP contribution in [0.1, 0.15) is 19.3 Å². The zero-order chi connectivity index (χ0) is 23.8. The third-order valence-electron chi connectivity index (χ3n) is 5.18. The molecule has 0 saturated carbocycles. The van der Waals surface area contributed by atoms with Gasteiger partial charge in [-0.1, -0.05) is 30.3 Å². The third kappa shape index (κ3) is 6.05. The first-order chi connectivity index (χ1) is 16.6. The molecule has 8 nitrogen and oxygen atoms in total. The lowest BCUT2D eigenvalue weighted by atomic mass is 10.1. The Bertz CT molecular complexity index is 1250. The number of hydrogen-bond acceptors (Lipinski definition) is 6. The lowest BCUT2D eigenvalue weighted by Gasteiger charge is -2.12. The molecule has 1 amide bonds. The van der Waals surface area contributed by atoms with E-state index in [4.69, 9.17) is 4.74 Å². The number of aromatic nitrogens is 3. The molecule has 0 unspecified atom stereocenters. The van der Waals surface area contributed by atoms with Crippen LogP contribution in [-0.2, 0) is 4.79 Å². The molecule has 0 bridgehead atoms. The number of ether oxygens (including phenoxy) is 1. The van der Waals surface area contributed by atoms with Crippen molar-refractivity contribution in [3.05, 3.63) is 71.3 Å². The van der Waals surface area contributed by atoms with Crippen LogP contribution < -0.4 is 15.4 Å². The van der Waals surface area contributed by atoms with Gasteiger partial charge >= 0.3 is 0 Å². The number of rotatable bonds is 11. The van der Waals surface area contributed by atoms with E-state index in [0.29, 0.717) is 43.0 Å². The Morgan fingerprint density at radius 2 is 1.82 bits per heavy atom. The molecular weight excluding hydrogens is 498 g/mol. The Morgan fingerprint density at radius 1 is 1.06 bits per heavy atom. The van der Waals surface area contributed by atoms with Crippen LogP contribution in [0.25, 0.3) is 16.9 Å². The predicted octanol–water partition coefficient (Wildman–Crippen LogP) is 4.64. The maximum absolute atomic E-state index is 12.0. The van der Waals surface area contributed by atoms with E-state index in [-0.39, 0.29) is 11.7 Å². The van der Waals surface area contributed by atoms with Crippen molar-refractivity contribution in [2.45, 2.75) is 19.3 Å². The summed E-state index contributed by atoms with van der Waals surface area (Å²) >= 11 is 3.49. The highest BCUT2D eigenvalue weighted by molar-refractivity contribution is 9.10. The van der Waals surface area contributed by atoms with Crippen LogP contribution in [0.4, 0.5) is 5.82 Å². The summed E-state index contributed by atoms with van der Waals surface area (Å²) in [6, 6.07) is 18.4. The summed E-state index contributed by atoms with van der Waals surface area (Å²) in [6.45, 7) is 1.66. The molecule has 0 spiro atoms. The standard InChI is InChI=1S/C25H26BrN5O3/c26-20-17-29-31-23(16-21(30-25(20)31)19-10-4-5-11-22(19)32)27-13-6-7-14-28-24(33)12-15-34-18-8-2-1-3-9-18/h1-5,8-11,16-17,27,32H,6-7,12-15H2,(H,28,33). The summed E-state index contributed by atoms with van der Waals surface area (Å²) in [7, 11) is 0. The fourth-order valence-electron chi connectivity index (χ4n) is 3.45. The van der Waals surface area contributed by atoms with Gasteiger partial charge in [-0.25, -0.2) is 4.98 Å². The van der Waals surface area contributed by atoms with Gasteiger partial charge in [-0.2, -0.15) is 9.61 Å². The molecule has 4 aromatic rings. The van der Waals surface area contributed by atoms with E-state index in [1.807, 2.05) is 48.5 Å². The largest absolute Gasteiger partial charge is 0.507 e. The van der Waals surface area contributed by atoms with Gasteiger partial charge in [0.05, 0.1) is 29.4 Å². The Labute approximate surface area is 206 Å². The summed E-state index contributed by atoms with van der Waals surface area (Å²) in [5.74, 6) is 1.69. The van der Waals surface area contributed by atoms with Crippen LogP contribution in [0.15, 0.2) is 71.3 Å². The second-order valence-corrected chi connectivity index (χ2v) is 8.52. The summed E-state index contributed by atoms with van der Waals surface area (Å²) in [5.41, 5.74) is 1.97. The van der Waals surface area contributed by atoms with Crippen molar-refractivity contribution in [3.8, 4) is 22.8 Å². The van der Waals surface area contributed by atoms with E-state index >= 15 is 0 Å². The summed E-state index contributed by atoms with van der Waals surface area (Å²) in [4.78, 5) is 16.6. The Balaban J connectivity index is 1.24. The molecule has 2 aromatic carbocycles. The van der Waals surface area contributed by atoms with Crippen LogP contribution in [0, 0.1) is 0 Å². The number of phenolic OH excluding ortho intramolecular Hbond substituents is 1. The van der Waals surface area contributed by atoms with E-state index in [2.05, 4.69) is 36.6 Å². The number of amides is 1. The highest BCUT2D eigenvalue weighted by Crippen LogP contribution is 2.31. The molecule has 0 aliphatic heterocycles. The maximum Gasteiger partial charge on any atom is 0.223 e. The molecule has 0 aliphatic rings.